The van der Waals surface area contributed by atoms with Gasteiger partial charge < -0.3 is 11.1 Å². The van der Waals surface area contributed by atoms with E-state index in [0.717, 1.165) is 4.68 Å². The summed E-state index contributed by atoms with van der Waals surface area (Å²) in [6.45, 7) is 0. The Kier molecular flexibility index (Phi) is 5.36. The number of nitrogens with zero attached hydrogens (tertiary/aromatic N) is 7. The lowest BCUT2D eigenvalue weighted by Crippen LogP contribution is -2.21. The molecule has 12 nitrogen and oxygen atoms in total. The molecule has 0 bridgehead atoms. The summed E-state index contributed by atoms with van der Waals surface area (Å²) in [6, 6.07) is 9.10. The second-order valence-corrected chi connectivity index (χ2v) is 7.86. The normalized spacial score (nSPS) is 11.1. The van der Waals surface area contributed by atoms with Crippen LogP contribution in [0.2, 0.25) is 0 Å². The van der Waals surface area contributed by atoms with E-state index in [-0.39, 0.29) is 39.2 Å². The molecule has 0 radical (unpaired) electrons. The van der Waals surface area contributed by atoms with Crippen molar-refractivity contribution in [2.75, 3.05) is 5.32 Å². The van der Waals surface area contributed by atoms with Gasteiger partial charge in [0, 0.05) is 25.3 Å². The summed E-state index contributed by atoms with van der Waals surface area (Å²) >= 11 is 0. The summed E-state index contributed by atoms with van der Waals surface area (Å²) in [7, 11) is 3.03. The largest absolute Gasteiger partial charge is 0.366 e. The predicted octanol–water partition coefficient (Wildman–Crippen LogP) is 1.40. The van der Waals surface area contributed by atoms with Gasteiger partial charge in [-0.05, 0) is 30.3 Å². The van der Waals surface area contributed by atoms with Gasteiger partial charge in [-0.3, -0.25) is 14.3 Å². The Morgan fingerprint density at radius 3 is 2.47 bits per heavy atom. The van der Waals surface area contributed by atoms with Gasteiger partial charge in [0.15, 0.2) is 5.82 Å². The number of fused-ring (bicyclic) bond motifs is 1. The number of aryl methyl sites for hydroxylation is 2. The molecule has 36 heavy (non-hydrogen) atoms. The molecule has 3 aromatic heterocycles. The zero-order chi connectivity index (χ0) is 25.6. The summed E-state index contributed by atoms with van der Waals surface area (Å²) in [5.74, 6) is -1.96. The SMILES string of the molecule is Cn1nc2ccc(-c3ncc(-n4cnn(C)c4=O)cn3)c(F)c2c1C(=O)Nc1cccc(C(N)=O)c1. The highest BCUT2D eigenvalue weighted by molar-refractivity contribution is 6.12. The highest BCUT2D eigenvalue weighted by Gasteiger charge is 2.23. The van der Waals surface area contributed by atoms with E-state index >= 15 is 4.39 Å². The van der Waals surface area contributed by atoms with Gasteiger partial charge in [0.2, 0.25) is 5.91 Å². The number of anilines is 1. The quantitative estimate of drug-likeness (QED) is 0.380. The summed E-state index contributed by atoms with van der Waals surface area (Å²) in [5.41, 5.74) is 6.07. The van der Waals surface area contributed by atoms with E-state index in [0.29, 0.717) is 11.4 Å². The van der Waals surface area contributed by atoms with Crippen LogP contribution < -0.4 is 16.7 Å². The van der Waals surface area contributed by atoms with Crippen molar-refractivity contribution in [1.29, 1.82) is 0 Å². The number of benzene rings is 2. The molecule has 3 N–H and O–H groups in total. The van der Waals surface area contributed by atoms with Gasteiger partial charge in [-0.15, -0.1) is 0 Å². The first-order chi connectivity index (χ1) is 17.2. The van der Waals surface area contributed by atoms with Crippen molar-refractivity contribution < 1.29 is 14.0 Å². The number of carbonyl (C=O) groups is 2. The monoisotopic (exact) mass is 487 g/mol. The minimum Gasteiger partial charge on any atom is -0.366 e. The van der Waals surface area contributed by atoms with Crippen LogP contribution >= 0.6 is 0 Å². The average molecular weight is 487 g/mol. The molecule has 0 aliphatic rings. The molecule has 0 atom stereocenters. The van der Waals surface area contributed by atoms with Gasteiger partial charge in [0.05, 0.1) is 34.5 Å². The second-order valence-electron chi connectivity index (χ2n) is 7.86. The maximum absolute atomic E-state index is 15.7. The minimum absolute atomic E-state index is 0.0188. The van der Waals surface area contributed by atoms with Crippen LogP contribution in [-0.2, 0) is 14.1 Å². The number of hydrogen-bond donors (Lipinski definition) is 2. The number of aromatic nitrogens is 7. The first-order valence-electron chi connectivity index (χ1n) is 10.5. The number of amides is 2. The van der Waals surface area contributed by atoms with E-state index in [1.165, 1.54) is 60.3 Å². The van der Waals surface area contributed by atoms with E-state index in [1.807, 2.05) is 0 Å². The zero-order valence-electron chi connectivity index (χ0n) is 19.0. The number of primary amides is 1. The Hall–Kier alpha value is -5.20. The van der Waals surface area contributed by atoms with Crippen LogP contribution in [0.5, 0.6) is 0 Å². The lowest BCUT2D eigenvalue weighted by molar-refractivity contribution is 0.0995. The molecular formula is C23H18FN9O3. The summed E-state index contributed by atoms with van der Waals surface area (Å²) < 4.78 is 19.4. The highest BCUT2D eigenvalue weighted by atomic mass is 19.1. The van der Waals surface area contributed by atoms with E-state index < -0.39 is 17.6 Å². The number of rotatable bonds is 5. The molecule has 0 fully saturated rings. The van der Waals surface area contributed by atoms with E-state index in [4.69, 9.17) is 5.73 Å². The summed E-state index contributed by atoms with van der Waals surface area (Å²) in [4.78, 5) is 45.0. The van der Waals surface area contributed by atoms with Gasteiger partial charge in [-0.2, -0.15) is 10.2 Å². The van der Waals surface area contributed by atoms with E-state index in [1.54, 1.807) is 18.2 Å². The van der Waals surface area contributed by atoms with E-state index in [9.17, 15) is 14.4 Å². The molecule has 13 heteroatoms. The summed E-state index contributed by atoms with van der Waals surface area (Å²) in [5, 5.41) is 10.7. The Balaban J connectivity index is 1.53. The van der Waals surface area contributed by atoms with Crippen LogP contribution in [0.3, 0.4) is 0 Å². The van der Waals surface area contributed by atoms with Gasteiger partial charge in [0.25, 0.3) is 5.91 Å². The van der Waals surface area contributed by atoms with Crippen molar-refractivity contribution in [2.24, 2.45) is 19.8 Å². The topological polar surface area (TPSA) is 156 Å². The van der Waals surface area contributed by atoms with Crippen LogP contribution in [0, 0.1) is 5.82 Å². The van der Waals surface area contributed by atoms with Crippen LogP contribution in [0.25, 0.3) is 28.0 Å². The van der Waals surface area contributed by atoms with Gasteiger partial charge in [-0.1, -0.05) is 6.07 Å². The molecule has 3 heterocycles. The van der Waals surface area contributed by atoms with Crippen molar-refractivity contribution in [3.63, 3.8) is 0 Å². The first-order valence-corrected chi connectivity index (χ1v) is 10.5. The second kappa shape index (κ2) is 8.54. The predicted molar refractivity (Wildman–Crippen MR) is 127 cm³/mol. The molecule has 5 aromatic rings. The van der Waals surface area contributed by atoms with Crippen molar-refractivity contribution >= 4 is 28.4 Å². The molecule has 0 aliphatic carbocycles. The van der Waals surface area contributed by atoms with Crippen LogP contribution in [0.4, 0.5) is 10.1 Å². The minimum atomic E-state index is -0.733. The number of hydrogen-bond acceptors (Lipinski definition) is 7. The molecular weight excluding hydrogens is 469 g/mol. The molecule has 0 spiro atoms. The van der Waals surface area contributed by atoms with Crippen LogP contribution in [-0.4, -0.2) is 45.9 Å². The number of carbonyl (C=O) groups excluding carboxylic acids is 2. The fourth-order valence-corrected chi connectivity index (χ4v) is 3.77. The Labute approximate surface area is 201 Å². The molecule has 0 aliphatic heterocycles. The fraction of sp³-hybridized carbons (Fsp3) is 0.0870. The third-order valence-corrected chi connectivity index (χ3v) is 5.54. The molecule has 0 saturated heterocycles. The fourth-order valence-electron chi connectivity index (χ4n) is 3.77. The average Bonchev–Trinajstić information content (AvgIpc) is 3.38. The third-order valence-electron chi connectivity index (χ3n) is 5.54. The maximum atomic E-state index is 15.7. The number of nitrogens with two attached hydrogens (primary N) is 1. The van der Waals surface area contributed by atoms with Gasteiger partial charge in [0.1, 0.15) is 17.8 Å². The lowest BCUT2D eigenvalue weighted by atomic mass is 10.1. The van der Waals surface area contributed by atoms with E-state index in [2.05, 4.69) is 25.5 Å². The Bertz CT molecular complexity index is 1720. The molecule has 5 rings (SSSR count). The van der Waals surface area contributed by atoms with Gasteiger partial charge in [-0.25, -0.2) is 28.4 Å². The standard InChI is InChI=1S/C23H18FN9O3/c1-31-19(22(35)29-13-5-3-4-12(8-13)20(25)34)17-16(30-31)7-6-15(18(17)24)21-26-9-14(10-27-21)33-11-28-32(2)23(33)36/h3-11H,1-2H3,(H2,25,34)(H,29,35). The smallest absolute Gasteiger partial charge is 0.350 e. The zero-order valence-corrected chi connectivity index (χ0v) is 19.0. The van der Waals surface area contributed by atoms with Crippen molar-refractivity contribution in [3.05, 3.63) is 82.7 Å². The van der Waals surface area contributed by atoms with Crippen molar-refractivity contribution in [1.82, 2.24) is 34.1 Å². The molecule has 0 saturated carbocycles. The maximum Gasteiger partial charge on any atom is 0.350 e. The molecule has 2 amide bonds. The Morgan fingerprint density at radius 2 is 1.81 bits per heavy atom. The first kappa shape index (κ1) is 22.6. The van der Waals surface area contributed by atoms with Crippen molar-refractivity contribution in [3.8, 4) is 17.1 Å². The number of nitrogens with one attached hydrogen (secondary N) is 1. The third kappa shape index (κ3) is 3.77. The Morgan fingerprint density at radius 1 is 1.06 bits per heavy atom. The number of halogens is 1. The van der Waals surface area contributed by atoms with Crippen LogP contribution in [0.15, 0.2) is 59.9 Å². The molecule has 180 valence electrons. The summed E-state index contributed by atoms with van der Waals surface area (Å²) in [6.07, 6.45) is 4.07. The van der Waals surface area contributed by atoms with Crippen molar-refractivity contribution in [2.45, 2.75) is 0 Å². The molecule has 2 aromatic carbocycles. The molecule has 0 unspecified atom stereocenters. The lowest BCUT2D eigenvalue weighted by Gasteiger charge is -2.08. The van der Waals surface area contributed by atoms with Gasteiger partial charge >= 0.3 is 5.69 Å². The highest BCUT2D eigenvalue weighted by Crippen LogP contribution is 2.29. The van der Waals surface area contributed by atoms with Crippen LogP contribution in [0.1, 0.15) is 20.8 Å².